The monoisotopic (exact) mass is 450 g/mol. The SMILES string of the molecule is COc1cccc(Cc2cnc([C@H]3CCCCN3C(=O)COc3ccc(C)cc3OC)o2)c1. The van der Waals surface area contributed by atoms with Crippen molar-refractivity contribution in [2.75, 3.05) is 27.4 Å². The average molecular weight is 451 g/mol. The van der Waals surface area contributed by atoms with Gasteiger partial charge >= 0.3 is 0 Å². The van der Waals surface area contributed by atoms with E-state index in [0.717, 1.165) is 41.9 Å². The highest BCUT2D eigenvalue weighted by Crippen LogP contribution is 2.32. The van der Waals surface area contributed by atoms with Crippen LogP contribution >= 0.6 is 0 Å². The van der Waals surface area contributed by atoms with Crippen molar-refractivity contribution in [3.8, 4) is 17.2 Å². The lowest BCUT2D eigenvalue weighted by Crippen LogP contribution is -2.41. The third-order valence-electron chi connectivity index (χ3n) is 5.86. The van der Waals surface area contributed by atoms with E-state index in [4.69, 9.17) is 18.6 Å². The van der Waals surface area contributed by atoms with Gasteiger partial charge in [0.2, 0.25) is 5.89 Å². The second-order valence-corrected chi connectivity index (χ2v) is 8.23. The number of ether oxygens (including phenoxy) is 3. The third kappa shape index (κ3) is 5.48. The maximum Gasteiger partial charge on any atom is 0.261 e. The number of hydrogen-bond acceptors (Lipinski definition) is 6. The Hall–Kier alpha value is -3.48. The number of piperidine rings is 1. The van der Waals surface area contributed by atoms with Crippen molar-refractivity contribution >= 4 is 5.91 Å². The van der Waals surface area contributed by atoms with Crippen molar-refractivity contribution in [1.82, 2.24) is 9.88 Å². The van der Waals surface area contributed by atoms with Gasteiger partial charge in [-0.15, -0.1) is 0 Å². The van der Waals surface area contributed by atoms with Crippen molar-refractivity contribution in [3.63, 3.8) is 0 Å². The molecule has 2 heterocycles. The number of aryl methyl sites for hydroxylation is 1. The Morgan fingerprint density at radius 2 is 2.00 bits per heavy atom. The van der Waals surface area contributed by atoms with E-state index < -0.39 is 0 Å². The summed E-state index contributed by atoms with van der Waals surface area (Å²) in [6, 6.07) is 13.3. The van der Waals surface area contributed by atoms with Gasteiger partial charge in [-0.2, -0.15) is 0 Å². The van der Waals surface area contributed by atoms with Crippen molar-refractivity contribution in [2.45, 2.75) is 38.6 Å². The van der Waals surface area contributed by atoms with Crippen LogP contribution in [0, 0.1) is 6.92 Å². The summed E-state index contributed by atoms with van der Waals surface area (Å²) in [5.41, 5.74) is 2.14. The van der Waals surface area contributed by atoms with Crippen LogP contribution in [0.25, 0.3) is 0 Å². The number of oxazole rings is 1. The molecule has 7 nitrogen and oxygen atoms in total. The second kappa shape index (κ2) is 10.4. The lowest BCUT2D eigenvalue weighted by Gasteiger charge is -2.33. The van der Waals surface area contributed by atoms with Gasteiger partial charge in [0.05, 0.1) is 20.4 Å². The van der Waals surface area contributed by atoms with Gasteiger partial charge in [-0.1, -0.05) is 18.2 Å². The largest absolute Gasteiger partial charge is 0.497 e. The summed E-state index contributed by atoms with van der Waals surface area (Å²) < 4.78 is 22.6. The van der Waals surface area contributed by atoms with Crippen LogP contribution in [-0.4, -0.2) is 43.2 Å². The molecule has 3 aromatic rings. The lowest BCUT2D eigenvalue weighted by atomic mass is 10.0. The molecule has 1 fully saturated rings. The van der Waals surface area contributed by atoms with Crippen LogP contribution in [0.3, 0.4) is 0 Å². The molecule has 0 N–H and O–H groups in total. The van der Waals surface area contributed by atoms with E-state index in [2.05, 4.69) is 4.98 Å². The van der Waals surface area contributed by atoms with Crippen molar-refractivity contribution in [3.05, 3.63) is 71.4 Å². The number of aromatic nitrogens is 1. The predicted molar refractivity (Wildman–Crippen MR) is 124 cm³/mol. The highest BCUT2D eigenvalue weighted by Gasteiger charge is 2.31. The first-order valence-corrected chi connectivity index (χ1v) is 11.2. The van der Waals surface area contributed by atoms with Gasteiger partial charge in [-0.25, -0.2) is 4.98 Å². The fraction of sp³-hybridized carbons (Fsp3) is 0.385. The molecule has 1 aliphatic heterocycles. The normalized spacial score (nSPS) is 15.8. The third-order valence-corrected chi connectivity index (χ3v) is 5.86. The molecule has 0 unspecified atom stereocenters. The van der Waals surface area contributed by atoms with Gasteiger partial charge in [0, 0.05) is 13.0 Å². The summed E-state index contributed by atoms with van der Waals surface area (Å²) in [6.07, 6.45) is 5.15. The molecule has 174 valence electrons. The Morgan fingerprint density at radius 1 is 1.12 bits per heavy atom. The molecule has 4 rings (SSSR count). The first-order chi connectivity index (χ1) is 16.1. The van der Waals surface area contributed by atoms with E-state index in [1.807, 2.05) is 54.3 Å². The van der Waals surface area contributed by atoms with Gasteiger partial charge in [0.1, 0.15) is 17.6 Å². The van der Waals surface area contributed by atoms with Gasteiger partial charge in [0.15, 0.2) is 18.1 Å². The first-order valence-electron chi connectivity index (χ1n) is 11.2. The van der Waals surface area contributed by atoms with E-state index >= 15 is 0 Å². The summed E-state index contributed by atoms with van der Waals surface area (Å²) in [5.74, 6) is 3.23. The van der Waals surface area contributed by atoms with E-state index in [1.165, 1.54) is 0 Å². The molecule has 0 radical (unpaired) electrons. The van der Waals surface area contributed by atoms with Crippen LogP contribution in [0.15, 0.2) is 53.1 Å². The molecule has 1 aromatic heterocycles. The molecule has 1 aliphatic rings. The molecule has 1 atom stereocenters. The smallest absolute Gasteiger partial charge is 0.261 e. The number of carbonyl (C=O) groups excluding carboxylic acids is 1. The number of hydrogen-bond donors (Lipinski definition) is 0. The molecule has 2 aromatic carbocycles. The molecule has 7 heteroatoms. The Morgan fingerprint density at radius 3 is 2.82 bits per heavy atom. The van der Waals surface area contributed by atoms with Crippen molar-refractivity contribution in [1.29, 1.82) is 0 Å². The van der Waals surface area contributed by atoms with Gasteiger partial charge in [-0.05, 0) is 61.6 Å². The van der Waals surface area contributed by atoms with E-state index in [9.17, 15) is 4.79 Å². The van der Waals surface area contributed by atoms with E-state index in [-0.39, 0.29) is 18.6 Å². The minimum absolute atomic E-state index is 0.0622. The highest BCUT2D eigenvalue weighted by atomic mass is 16.5. The minimum Gasteiger partial charge on any atom is -0.497 e. The number of nitrogens with zero attached hydrogens (tertiary/aromatic N) is 2. The highest BCUT2D eigenvalue weighted by molar-refractivity contribution is 5.78. The molecule has 1 saturated heterocycles. The summed E-state index contributed by atoms with van der Waals surface area (Å²) in [5, 5.41) is 0. The standard InChI is InChI=1S/C26H30N2O5/c1-18-10-11-23(24(13-18)31-3)32-17-25(29)28-12-5-4-9-22(28)26-27-16-21(33-26)15-19-7-6-8-20(14-19)30-2/h6-8,10-11,13-14,16,22H,4-5,9,12,15,17H2,1-3H3/t22-/m1/s1. The number of methoxy groups -OCH3 is 2. The molecule has 0 saturated carbocycles. The average Bonchev–Trinajstić information content (AvgIpc) is 3.31. The minimum atomic E-state index is -0.186. The van der Waals surface area contributed by atoms with Gasteiger partial charge in [0.25, 0.3) is 5.91 Å². The van der Waals surface area contributed by atoms with Crippen molar-refractivity contribution < 1.29 is 23.4 Å². The lowest BCUT2D eigenvalue weighted by molar-refractivity contribution is -0.137. The zero-order valence-electron chi connectivity index (χ0n) is 19.4. The number of benzene rings is 2. The van der Waals surface area contributed by atoms with Crippen molar-refractivity contribution in [2.24, 2.45) is 0 Å². The van der Waals surface area contributed by atoms with E-state index in [0.29, 0.717) is 30.4 Å². The quantitative estimate of drug-likeness (QED) is 0.494. The molecular weight excluding hydrogens is 420 g/mol. The van der Waals surface area contributed by atoms with Crippen LogP contribution < -0.4 is 14.2 Å². The Balaban J connectivity index is 1.43. The van der Waals surface area contributed by atoms with Crippen LogP contribution in [0.1, 0.15) is 48.1 Å². The van der Waals surface area contributed by atoms with Crippen LogP contribution in [-0.2, 0) is 11.2 Å². The molecule has 0 bridgehead atoms. The molecule has 0 spiro atoms. The zero-order valence-corrected chi connectivity index (χ0v) is 19.4. The fourth-order valence-electron chi connectivity index (χ4n) is 4.15. The Labute approximate surface area is 194 Å². The van der Waals surface area contributed by atoms with Crippen LogP contribution in [0.5, 0.6) is 17.2 Å². The topological polar surface area (TPSA) is 74.0 Å². The number of rotatable bonds is 8. The molecule has 1 amide bonds. The number of carbonyl (C=O) groups is 1. The Kier molecular flexibility index (Phi) is 7.17. The fourth-order valence-corrected chi connectivity index (χ4v) is 4.15. The maximum absolute atomic E-state index is 13.1. The summed E-state index contributed by atoms with van der Waals surface area (Å²) in [6.45, 7) is 2.58. The zero-order chi connectivity index (χ0) is 23.2. The van der Waals surface area contributed by atoms with E-state index in [1.54, 1.807) is 20.4 Å². The Bertz CT molecular complexity index is 1090. The van der Waals surface area contributed by atoms with Crippen LogP contribution in [0.2, 0.25) is 0 Å². The van der Waals surface area contributed by atoms with Gasteiger partial charge in [-0.3, -0.25) is 4.79 Å². The molecule has 33 heavy (non-hydrogen) atoms. The summed E-state index contributed by atoms with van der Waals surface area (Å²) in [7, 11) is 3.24. The van der Waals surface area contributed by atoms with Gasteiger partial charge < -0.3 is 23.5 Å². The predicted octanol–water partition coefficient (Wildman–Crippen LogP) is 4.72. The maximum atomic E-state index is 13.1. The second-order valence-electron chi connectivity index (χ2n) is 8.23. The number of amides is 1. The van der Waals surface area contributed by atoms with Crippen LogP contribution in [0.4, 0.5) is 0 Å². The summed E-state index contributed by atoms with van der Waals surface area (Å²) in [4.78, 5) is 19.4. The molecule has 0 aliphatic carbocycles. The first kappa shape index (κ1) is 22.7. The number of likely N-dealkylation sites (tertiary alicyclic amines) is 1. The molecular formula is C26H30N2O5. The summed E-state index contributed by atoms with van der Waals surface area (Å²) >= 11 is 0.